The van der Waals surface area contributed by atoms with Crippen LogP contribution in [0.25, 0.3) is 0 Å². The van der Waals surface area contributed by atoms with E-state index in [1.807, 2.05) is 0 Å². The molecule has 0 spiro atoms. The minimum atomic E-state index is -1.02. The number of ether oxygens (including phenoxy) is 1. The third kappa shape index (κ3) is 3.58. The van der Waals surface area contributed by atoms with Crippen LogP contribution >= 0.6 is 23.2 Å². The minimum Gasteiger partial charge on any atom is -0.504 e. The number of amides is 2. The Bertz CT molecular complexity index is 1230. The van der Waals surface area contributed by atoms with Gasteiger partial charge in [-0.3, -0.25) is 14.4 Å². The molecule has 0 radical (unpaired) electrons. The molecule has 168 valence electrons. The molecule has 0 bridgehead atoms. The van der Waals surface area contributed by atoms with E-state index >= 15 is 0 Å². The lowest BCUT2D eigenvalue weighted by Crippen LogP contribution is -2.37. The van der Waals surface area contributed by atoms with E-state index in [0.29, 0.717) is 27.0 Å². The second kappa shape index (κ2) is 8.26. The highest BCUT2D eigenvalue weighted by molar-refractivity contribution is 6.31. The van der Waals surface area contributed by atoms with E-state index in [4.69, 9.17) is 32.8 Å². The van der Waals surface area contributed by atoms with Crippen LogP contribution in [0.1, 0.15) is 11.6 Å². The van der Waals surface area contributed by atoms with Crippen molar-refractivity contribution in [3.8, 4) is 11.5 Å². The van der Waals surface area contributed by atoms with Gasteiger partial charge in [0.15, 0.2) is 17.6 Å². The Morgan fingerprint density at radius 2 is 1.48 bits per heavy atom. The van der Waals surface area contributed by atoms with Crippen LogP contribution in [-0.2, 0) is 14.4 Å². The van der Waals surface area contributed by atoms with Crippen molar-refractivity contribution in [2.45, 2.75) is 12.1 Å². The molecule has 33 heavy (non-hydrogen) atoms. The first-order chi connectivity index (χ1) is 15.9. The van der Waals surface area contributed by atoms with Crippen LogP contribution in [-0.4, -0.2) is 30.1 Å². The Hall–Kier alpha value is -3.26. The SMILES string of the molecule is COc1cc([C@@H]2[C@H]3C(=O)N(c4ccc(Cl)cc4)C(=O)[C@@H]3ON2c2ccc(Cl)cc2)ccc1O. The van der Waals surface area contributed by atoms with E-state index in [-0.39, 0.29) is 17.4 Å². The quantitative estimate of drug-likeness (QED) is 0.537. The van der Waals surface area contributed by atoms with E-state index in [9.17, 15) is 14.7 Å². The van der Waals surface area contributed by atoms with E-state index in [1.54, 1.807) is 65.7 Å². The number of nitrogens with zero attached hydrogens (tertiary/aromatic N) is 2. The van der Waals surface area contributed by atoms with Crippen molar-refractivity contribution in [1.82, 2.24) is 0 Å². The normalized spacial score (nSPS) is 22.1. The van der Waals surface area contributed by atoms with Gasteiger partial charge in [0, 0.05) is 10.0 Å². The van der Waals surface area contributed by atoms with Gasteiger partial charge in [0.2, 0.25) is 5.91 Å². The largest absolute Gasteiger partial charge is 0.504 e. The van der Waals surface area contributed by atoms with Crippen molar-refractivity contribution in [3.05, 3.63) is 82.3 Å². The molecule has 2 aliphatic heterocycles. The number of fused-ring (bicyclic) bond motifs is 1. The number of aromatic hydroxyl groups is 1. The average molecular weight is 485 g/mol. The van der Waals surface area contributed by atoms with E-state index in [2.05, 4.69) is 0 Å². The molecule has 1 N–H and O–H groups in total. The predicted octanol–water partition coefficient (Wildman–Crippen LogP) is 4.76. The number of hydroxylamine groups is 1. The van der Waals surface area contributed by atoms with Crippen molar-refractivity contribution in [2.75, 3.05) is 17.1 Å². The Morgan fingerprint density at radius 1 is 0.879 bits per heavy atom. The highest BCUT2D eigenvalue weighted by Crippen LogP contribution is 2.48. The number of imide groups is 1. The zero-order chi connectivity index (χ0) is 23.3. The summed E-state index contributed by atoms with van der Waals surface area (Å²) in [5, 5.41) is 12.7. The number of phenolic OH excluding ortho intramolecular Hbond substituents is 1. The third-order valence-electron chi connectivity index (χ3n) is 5.83. The summed E-state index contributed by atoms with van der Waals surface area (Å²) in [5.41, 5.74) is 1.70. The first-order valence-corrected chi connectivity index (χ1v) is 10.9. The Morgan fingerprint density at radius 3 is 2.09 bits per heavy atom. The molecule has 2 aliphatic rings. The van der Waals surface area contributed by atoms with E-state index < -0.39 is 24.0 Å². The summed E-state index contributed by atoms with van der Waals surface area (Å²) in [6.07, 6.45) is -1.02. The molecule has 2 amide bonds. The van der Waals surface area contributed by atoms with Crippen LogP contribution in [0.5, 0.6) is 11.5 Å². The molecule has 0 unspecified atom stereocenters. The number of hydrogen-bond donors (Lipinski definition) is 1. The molecule has 2 fully saturated rings. The summed E-state index contributed by atoms with van der Waals surface area (Å²) in [5.74, 6) is -1.46. The summed E-state index contributed by atoms with van der Waals surface area (Å²) in [6, 6.07) is 17.5. The first-order valence-electron chi connectivity index (χ1n) is 10.1. The molecule has 2 saturated heterocycles. The highest BCUT2D eigenvalue weighted by atomic mass is 35.5. The van der Waals surface area contributed by atoms with E-state index in [1.165, 1.54) is 13.2 Å². The smallest absolute Gasteiger partial charge is 0.266 e. The molecule has 3 aromatic carbocycles. The highest BCUT2D eigenvalue weighted by Gasteiger charge is 2.60. The number of phenols is 1. The van der Waals surface area contributed by atoms with Gasteiger partial charge < -0.3 is 9.84 Å². The lowest BCUT2D eigenvalue weighted by molar-refractivity contribution is -0.126. The van der Waals surface area contributed by atoms with Crippen LogP contribution in [0.15, 0.2) is 66.7 Å². The summed E-state index contributed by atoms with van der Waals surface area (Å²) >= 11 is 12.0. The van der Waals surface area contributed by atoms with Crippen molar-refractivity contribution < 1.29 is 24.3 Å². The minimum absolute atomic E-state index is 0.0358. The Kier molecular flexibility index (Phi) is 5.40. The standard InChI is InChI=1S/C24H18Cl2N2O5/c1-32-19-12-13(2-11-18(19)29)21-20-22(33-28(21)17-9-5-15(26)6-10-17)24(31)27(23(20)30)16-7-3-14(25)4-8-16/h2-12,20-22,29H,1H3/t20-,21-,22-/m1/s1. The van der Waals surface area contributed by atoms with Gasteiger partial charge >= 0.3 is 0 Å². The summed E-state index contributed by atoms with van der Waals surface area (Å²) in [7, 11) is 1.44. The van der Waals surface area contributed by atoms with Crippen molar-refractivity contribution in [2.24, 2.45) is 5.92 Å². The Balaban J connectivity index is 1.60. The summed E-state index contributed by atoms with van der Waals surface area (Å²) < 4.78 is 5.26. The molecule has 3 aromatic rings. The fourth-order valence-corrected chi connectivity index (χ4v) is 4.54. The third-order valence-corrected chi connectivity index (χ3v) is 6.33. The molecule has 7 nitrogen and oxygen atoms in total. The maximum atomic E-state index is 13.6. The monoisotopic (exact) mass is 484 g/mol. The van der Waals surface area contributed by atoms with Crippen LogP contribution < -0.4 is 14.7 Å². The molecule has 2 heterocycles. The van der Waals surface area contributed by atoms with Crippen LogP contribution in [0.4, 0.5) is 11.4 Å². The van der Waals surface area contributed by atoms with Gasteiger partial charge in [-0.25, -0.2) is 9.96 Å². The van der Waals surface area contributed by atoms with Crippen LogP contribution in [0.3, 0.4) is 0 Å². The number of halogens is 2. The predicted molar refractivity (Wildman–Crippen MR) is 124 cm³/mol. The van der Waals surface area contributed by atoms with Crippen LogP contribution in [0, 0.1) is 5.92 Å². The fourth-order valence-electron chi connectivity index (χ4n) is 4.29. The molecule has 0 aliphatic carbocycles. The maximum Gasteiger partial charge on any atom is 0.266 e. The summed E-state index contributed by atoms with van der Waals surface area (Å²) in [6.45, 7) is 0. The average Bonchev–Trinajstić information content (AvgIpc) is 3.32. The lowest BCUT2D eigenvalue weighted by atomic mass is 9.90. The molecule has 0 aromatic heterocycles. The van der Waals surface area contributed by atoms with Gasteiger partial charge in [-0.2, -0.15) is 0 Å². The molecular weight excluding hydrogens is 467 g/mol. The van der Waals surface area contributed by atoms with E-state index in [0.717, 1.165) is 4.90 Å². The number of anilines is 2. The second-order valence-electron chi connectivity index (χ2n) is 7.72. The number of carbonyl (C=O) groups is 2. The molecule has 9 heteroatoms. The first kappa shape index (κ1) is 21.6. The zero-order valence-electron chi connectivity index (χ0n) is 17.3. The number of benzene rings is 3. The number of carbonyl (C=O) groups excluding carboxylic acids is 2. The Labute approximate surface area is 199 Å². The number of rotatable bonds is 4. The van der Waals surface area contributed by atoms with Gasteiger partial charge in [-0.1, -0.05) is 29.3 Å². The molecular formula is C24H18Cl2N2O5. The van der Waals surface area contributed by atoms with Gasteiger partial charge in [0.05, 0.1) is 24.5 Å². The fraction of sp³-hybridized carbons (Fsp3) is 0.167. The lowest BCUT2D eigenvalue weighted by Gasteiger charge is -2.29. The van der Waals surface area contributed by atoms with Gasteiger partial charge in [0.1, 0.15) is 5.92 Å². The van der Waals surface area contributed by atoms with Crippen molar-refractivity contribution >= 4 is 46.4 Å². The van der Waals surface area contributed by atoms with Crippen molar-refractivity contribution in [3.63, 3.8) is 0 Å². The molecule has 0 saturated carbocycles. The van der Waals surface area contributed by atoms with Gasteiger partial charge in [0.25, 0.3) is 5.91 Å². The topological polar surface area (TPSA) is 79.3 Å². The molecule has 5 rings (SSSR count). The summed E-state index contributed by atoms with van der Waals surface area (Å²) in [4.78, 5) is 34.1. The number of methoxy groups -OCH3 is 1. The molecule has 3 atom stereocenters. The second-order valence-corrected chi connectivity index (χ2v) is 8.59. The van der Waals surface area contributed by atoms with Crippen LogP contribution in [0.2, 0.25) is 10.0 Å². The van der Waals surface area contributed by atoms with Gasteiger partial charge in [-0.15, -0.1) is 0 Å². The van der Waals surface area contributed by atoms with Gasteiger partial charge in [-0.05, 0) is 66.2 Å². The maximum absolute atomic E-state index is 13.6. The zero-order valence-corrected chi connectivity index (χ0v) is 18.8. The van der Waals surface area contributed by atoms with Crippen molar-refractivity contribution in [1.29, 1.82) is 0 Å². The number of hydrogen-bond acceptors (Lipinski definition) is 6.